The normalized spacial score (nSPS) is 10.4. The molecule has 0 aliphatic rings. The van der Waals surface area contributed by atoms with Gasteiger partial charge in [0.2, 0.25) is 0 Å². The molecule has 0 spiro atoms. The number of ether oxygens (including phenoxy) is 1. The minimum atomic E-state index is -0.946. The van der Waals surface area contributed by atoms with Crippen molar-refractivity contribution in [2.45, 2.75) is 19.3 Å². The van der Waals surface area contributed by atoms with Crippen molar-refractivity contribution in [3.8, 4) is 5.75 Å². The molecular weight excluding hydrogens is 298 g/mol. The molecule has 6 heteroatoms. The van der Waals surface area contributed by atoms with E-state index in [9.17, 15) is 13.6 Å². The zero-order valence-electron chi connectivity index (χ0n) is 9.10. The largest absolute Gasteiger partial charge is 0.491 e. The van der Waals surface area contributed by atoms with E-state index in [1.165, 1.54) is 13.2 Å². The van der Waals surface area contributed by atoms with Gasteiger partial charge in [-0.2, -0.15) is 0 Å². The zero-order chi connectivity index (χ0) is 13.0. The summed E-state index contributed by atoms with van der Waals surface area (Å²) in [5, 5.41) is 8.47. The van der Waals surface area contributed by atoms with E-state index in [1.54, 1.807) is 0 Å². The van der Waals surface area contributed by atoms with Crippen molar-refractivity contribution < 1.29 is 23.4 Å². The third kappa shape index (κ3) is 3.39. The fourth-order valence-corrected chi connectivity index (χ4v) is 1.88. The molecule has 0 heterocycles. The lowest BCUT2D eigenvalue weighted by Crippen LogP contribution is -2.01. The Morgan fingerprint density at radius 1 is 1.47 bits per heavy atom. The van der Waals surface area contributed by atoms with E-state index >= 15 is 0 Å². The highest BCUT2D eigenvalue weighted by Crippen LogP contribution is 2.31. The predicted octanol–water partition coefficient (Wildman–Crippen LogP) is 3.14. The van der Waals surface area contributed by atoms with Gasteiger partial charge in [0.15, 0.2) is 17.4 Å². The van der Waals surface area contributed by atoms with Crippen LogP contribution in [0, 0.1) is 11.6 Å². The summed E-state index contributed by atoms with van der Waals surface area (Å²) in [6.07, 6.45) is 0.442. The Labute approximate surface area is 106 Å². The van der Waals surface area contributed by atoms with Crippen molar-refractivity contribution in [3.05, 3.63) is 27.7 Å². The van der Waals surface area contributed by atoms with Gasteiger partial charge in [-0.25, -0.2) is 8.78 Å². The number of rotatable bonds is 5. The molecule has 0 aliphatic heterocycles. The van der Waals surface area contributed by atoms with E-state index in [0.717, 1.165) is 0 Å². The van der Waals surface area contributed by atoms with Crippen LogP contribution in [0.5, 0.6) is 5.75 Å². The summed E-state index contributed by atoms with van der Waals surface area (Å²) >= 11 is 2.95. The lowest BCUT2D eigenvalue weighted by molar-refractivity contribution is -0.137. The molecule has 1 rings (SSSR count). The second-order valence-corrected chi connectivity index (χ2v) is 4.28. The number of hydrogen-bond donors (Lipinski definition) is 1. The van der Waals surface area contributed by atoms with E-state index in [-0.39, 0.29) is 29.3 Å². The summed E-state index contributed by atoms with van der Waals surface area (Å²) in [4.78, 5) is 10.3. The molecule has 94 valence electrons. The van der Waals surface area contributed by atoms with Gasteiger partial charge in [0, 0.05) is 6.42 Å². The Balaban J connectivity index is 2.93. The van der Waals surface area contributed by atoms with Crippen molar-refractivity contribution >= 4 is 21.9 Å². The molecule has 17 heavy (non-hydrogen) atoms. The molecule has 0 atom stereocenters. The summed E-state index contributed by atoms with van der Waals surface area (Å²) in [6.45, 7) is 0. The maximum absolute atomic E-state index is 13.7. The lowest BCUT2D eigenvalue weighted by Gasteiger charge is -2.09. The number of halogens is 3. The van der Waals surface area contributed by atoms with Crippen LogP contribution >= 0.6 is 15.9 Å². The molecule has 3 nitrogen and oxygen atoms in total. The van der Waals surface area contributed by atoms with Crippen molar-refractivity contribution in [2.24, 2.45) is 0 Å². The Kier molecular flexibility index (Phi) is 4.86. The average molecular weight is 309 g/mol. The van der Waals surface area contributed by atoms with Crippen LogP contribution in [0.3, 0.4) is 0 Å². The zero-order valence-corrected chi connectivity index (χ0v) is 10.7. The van der Waals surface area contributed by atoms with Crippen LogP contribution in [0.2, 0.25) is 0 Å². The van der Waals surface area contributed by atoms with Gasteiger partial charge in [-0.1, -0.05) is 0 Å². The van der Waals surface area contributed by atoms with Crippen LogP contribution in [0.15, 0.2) is 10.5 Å². The van der Waals surface area contributed by atoms with Crippen LogP contribution in [0.4, 0.5) is 8.78 Å². The summed E-state index contributed by atoms with van der Waals surface area (Å²) in [5.41, 5.74) is 0.233. The molecule has 0 saturated carbocycles. The number of benzene rings is 1. The molecular formula is C11H11BrF2O3. The van der Waals surface area contributed by atoms with Crippen LogP contribution < -0.4 is 4.74 Å². The van der Waals surface area contributed by atoms with Gasteiger partial charge in [-0.05, 0) is 40.4 Å². The number of aryl methyl sites for hydroxylation is 1. The highest BCUT2D eigenvalue weighted by atomic mass is 79.9. The first-order valence-electron chi connectivity index (χ1n) is 4.89. The molecule has 0 aliphatic carbocycles. The quantitative estimate of drug-likeness (QED) is 0.850. The molecule has 0 amide bonds. The smallest absolute Gasteiger partial charge is 0.303 e. The number of methoxy groups -OCH3 is 1. The summed E-state index contributed by atoms with van der Waals surface area (Å²) in [5.74, 6) is -2.98. The molecule has 0 radical (unpaired) electrons. The predicted molar refractivity (Wildman–Crippen MR) is 61.2 cm³/mol. The number of hydrogen-bond acceptors (Lipinski definition) is 2. The van der Waals surface area contributed by atoms with Crippen molar-refractivity contribution in [2.75, 3.05) is 7.11 Å². The lowest BCUT2D eigenvalue weighted by atomic mass is 10.1. The number of carboxylic acids is 1. The van der Waals surface area contributed by atoms with E-state index in [4.69, 9.17) is 5.11 Å². The third-order valence-electron chi connectivity index (χ3n) is 2.23. The van der Waals surface area contributed by atoms with Crippen LogP contribution in [-0.4, -0.2) is 18.2 Å². The molecule has 0 fully saturated rings. The summed E-state index contributed by atoms with van der Waals surface area (Å²) < 4.78 is 31.8. The fourth-order valence-electron chi connectivity index (χ4n) is 1.42. The Bertz CT molecular complexity index is 435. The molecule has 0 bridgehead atoms. The molecule has 0 unspecified atom stereocenters. The highest BCUT2D eigenvalue weighted by molar-refractivity contribution is 9.10. The maximum atomic E-state index is 13.7. The number of aliphatic carboxylic acids is 1. The van der Waals surface area contributed by atoms with Crippen LogP contribution in [0.25, 0.3) is 0 Å². The van der Waals surface area contributed by atoms with E-state index in [2.05, 4.69) is 20.7 Å². The molecule has 1 N–H and O–H groups in total. The van der Waals surface area contributed by atoms with E-state index in [1.807, 2.05) is 0 Å². The fraction of sp³-hybridized carbons (Fsp3) is 0.364. The molecule has 1 aromatic carbocycles. The highest BCUT2D eigenvalue weighted by Gasteiger charge is 2.17. The second-order valence-electron chi connectivity index (χ2n) is 3.43. The van der Waals surface area contributed by atoms with Gasteiger partial charge in [0.25, 0.3) is 0 Å². The average Bonchev–Trinajstić information content (AvgIpc) is 2.26. The van der Waals surface area contributed by atoms with Gasteiger partial charge in [0.05, 0.1) is 11.6 Å². The van der Waals surface area contributed by atoms with Gasteiger partial charge >= 0.3 is 5.97 Å². The van der Waals surface area contributed by atoms with Crippen LogP contribution in [0.1, 0.15) is 18.4 Å². The monoisotopic (exact) mass is 308 g/mol. The first kappa shape index (κ1) is 13.9. The SMILES string of the molecule is COc1c(F)c(Br)cc(CCCC(=O)O)c1F. The van der Waals surface area contributed by atoms with Crippen molar-refractivity contribution in [1.82, 2.24) is 0 Å². The number of carboxylic acid groups (broad SMARTS) is 1. The third-order valence-corrected chi connectivity index (χ3v) is 2.81. The Hall–Kier alpha value is -1.17. The van der Waals surface area contributed by atoms with Crippen molar-refractivity contribution in [1.29, 1.82) is 0 Å². The van der Waals surface area contributed by atoms with E-state index in [0.29, 0.717) is 0 Å². The maximum Gasteiger partial charge on any atom is 0.303 e. The summed E-state index contributed by atoms with van der Waals surface area (Å²) in [7, 11) is 1.18. The number of carbonyl (C=O) groups is 1. The van der Waals surface area contributed by atoms with Crippen LogP contribution in [-0.2, 0) is 11.2 Å². The van der Waals surface area contributed by atoms with Gasteiger partial charge < -0.3 is 9.84 Å². The minimum absolute atomic E-state index is 0.0588. The van der Waals surface area contributed by atoms with Gasteiger partial charge in [-0.15, -0.1) is 0 Å². The Morgan fingerprint density at radius 3 is 2.65 bits per heavy atom. The molecule has 0 aromatic heterocycles. The first-order valence-corrected chi connectivity index (χ1v) is 5.68. The molecule has 1 aromatic rings. The van der Waals surface area contributed by atoms with Crippen molar-refractivity contribution in [3.63, 3.8) is 0 Å². The van der Waals surface area contributed by atoms with Gasteiger partial charge in [-0.3, -0.25) is 4.79 Å². The minimum Gasteiger partial charge on any atom is -0.491 e. The molecule has 0 saturated heterocycles. The standard InChI is InChI=1S/C11H11BrF2O3/c1-17-11-9(13)6(3-2-4-8(15)16)5-7(12)10(11)14/h5H,2-4H2,1H3,(H,15,16). The second kappa shape index (κ2) is 5.95. The van der Waals surface area contributed by atoms with E-state index < -0.39 is 23.4 Å². The first-order chi connectivity index (χ1) is 7.97. The Morgan fingerprint density at radius 2 is 2.12 bits per heavy atom. The summed E-state index contributed by atoms with van der Waals surface area (Å²) in [6, 6.07) is 1.30. The van der Waals surface area contributed by atoms with Gasteiger partial charge in [0.1, 0.15) is 0 Å². The topological polar surface area (TPSA) is 46.5 Å².